The summed E-state index contributed by atoms with van der Waals surface area (Å²) in [5.41, 5.74) is 7.81. The maximum Gasteiger partial charge on any atom is 0.328 e. The lowest BCUT2D eigenvalue weighted by Gasteiger charge is -2.28. The van der Waals surface area contributed by atoms with Gasteiger partial charge in [0.1, 0.15) is 0 Å². The van der Waals surface area contributed by atoms with Crippen molar-refractivity contribution < 1.29 is 14.4 Å². The molecule has 0 spiro atoms. The monoisotopic (exact) mass is 488 g/mol. The number of aromatic nitrogens is 1. The summed E-state index contributed by atoms with van der Waals surface area (Å²) in [4.78, 5) is 46.7. The Balaban J connectivity index is 1.54. The van der Waals surface area contributed by atoms with Gasteiger partial charge in [0, 0.05) is 24.5 Å². The van der Waals surface area contributed by atoms with Crippen molar-refractivity contribution >= 4 is 34.4 Å². The van der Waals surface area contributed by atoms with Gasteiger partial charge in [-0.3, -0.25) is 24.4 Å². The molecule has 1 fully saturated rings. The molecule has 9 nitrogen and oxygen atoms in total. The number of para-hydroxylation sites is 1. The molecule has 1 aliphatic heterocycles. The molecule has 0 radical (unpaired) electrons. The fourth-order valence-electron chi connectivity index (χ4n) is 4.61. The Bertz CT molecular complexity index is 1220. The Morgan fingerprint density at radius 1 is 1.11 bits per heavy atom. The number of nitrogens with two attached hydrogens (primary N) is 1. The van der Waals surface area contributed by atoms with Crippen LogP contribution in [-0.4, -0.2) is 70.9 Å². The number of rotatable bonds is 8. The Morgan fingerprint density at radius 2 is 1.86 bits per heavy atom. The zero-order valence-electron chi connectivity index (χ0n) is 20.4. The minimum atomic E-state index is -0.519. The number of imide groups is 1. The molecule has 1 aromatic heterocycles. The number of carbonyl (C=O) groups is 3. The number of carbonyl (C=O) groups excluding carboxylic acids is 3. The van der Waals surface area contributed by atoms with Gasteiger partial charge >= 0.3 is 6.03 Å². The molecule has 2 aromatic carbocycles. The number of likely N-dealkylation sites (N-methyl/N-ethyl adjacent to an activating group) is 1. The Morgan fingerprint density at radius 3 is 2.61 bits per heavy atom. The van der Waals surface area contributed by atoms with Gasteiger partial charge in [0.2, 0.25) is 11.8 Å². The van der Waals surface area contributed by atoms with Gasteiger partial charge in [-0.15, -0.1) is 0 Å². The van der Waals surface area contributed by atoms with Crippen molar-refractivity contribution in [3.63, 3.8) is 0 Å². The van der Waals surface area contributed by atoms with Gasteiger partial charge in [-0.25, -0.2) is 4.79 Å². The van der Waals surface area contributed by atoms with Gasteiger partial charge in [-0.1, -0.05) is 55.5 Å². The number of amides is 4. The lowest BCUT2D eigenvalue weighted by Crippen LogP contribution is -2.50. The summed E-state index contributed by atoms with van der Waals surface area (Å²) in [6.07, 6.45) is 2.54. The first-order valence-electron chi connectivity index (χ1n) is 12.2. The molecule has 9 heteroatoms. The number of anilines is 1. The molecule has 0 unspecified atom stereocenters. The van der Waals surface area contributed by atoms with Crippen molar-refractivity contribution in [1.82, 2.24) is 20.1 Å². The van der Waals surface area contributed by atoms with Crippen molar-refractivity contribution in [3.05, 3.63) is 72.4 Å². The van der Waals surface area contributed by atoms with Crippen LogP contribution in [0.2, 0.25) is 0 Å². The first kappa shape index (κ1) is 25.3. The van der Waals surface area contributed by atoms with Crippen molar-refractivity contribution in [2.45, 2.75) is 31.8 Å². The average molecular weight is 489 g/mol. The van der Waals surface area contributed by atoms with E-state index in [2.05, 4.69) is 15.6 Å². The molecule has 1 saturated heterocycles. The minimum absolute atomic E-state index is 0.105. The molecule has 2 atom stereocenters. The van der Waals surface area contributed by atoms with Gasteiger partial charge < -0.3 is 16.4 Å². The summed E-state index contributed by atoms with van der Waals surface area (Å²) in [6, 6.07) is 18.0. The van der Waals surface area contributed by atoms with Crippen LogP contribution in [0.4, 0.5) is 10.5 Å². The van der Waals surface area contributed by atoms with E-state index in [1.807, 2.05) is 72.5 Å². The zero-order chi connectivity index (χ0) is 25.5. The van der Waals surface area contributed by atoms with E-state index >= 15 is 0 Å². The fourth-order valence-corrected chi connectivity index (χ4v) is 4.61. The highest BCUT2D eigenvalue weighted by molar-refractivity contribution is 6.03. The van der Waals surface area contributed by atoms with Crippen molar-refractivity contribution in [2.24, 2.45) is 5.73 Å². The molecule has 188 valence electrons. The average Bonchev–Trinajstić information content (AvgIpc) is 3.31. The molecule has 1 aliphatic rings. The highest BCUT2D eigenvalue weighted by atomic mass is 16.2. The number of fused-ring (bicyclic) bond motifs is 1. The highest BCUT2D eigenvalue weighted by Gasteiger charge is 2.40. The van der Waals surface area contributed by atoms with Gasteiger partial charge in [0.15, 0.2) is 0 Å². The van der Waals surface area contributed by atoms with Crippen molar-refractivity contribution in [3.8, 4) is 0 Å². The molecular weight excluding hydrogens is 456 g/mol. The van der Waals surface area contributed by atoms with E-state index in [1.165, 1.54) is 4.90 Å². The quantitative estimate of drug-likeness (QED) is 0.448. The first-order valence-corrected chi connectivity index (χ1v) is 12.2. The van der Waals surface area contributed by atoms with E-state index < -0.39 is 12.1 Å². The number of nitrogens with zero attached hydrogens (tertiary/aromatic N) is 3. The predicted octanol–water partition coefficient (Wildman–Crippen LogP) is 2.38. The molecular formula is C27H32N6O3. The maximum atomic E-state index is 13.8. The summed E-state index contributed by atoms with van der Waals surface area (Å²) in [7, 11) is 0. The molecule has 36 heavy (non-hydrogen) atoms. The molecule has 2 heterocycles. The van der Waals surface area contributed by atoms with E-state index in [9.17, 15) is 14.4 Å². The van der Waals surface area contributed by atoms with Gasteiger partial charge in [0.25, 0.3) is 0 Å². The highest BCUT2D eigenvalue weighted by Crippen LogP contribution is 2.22. The van der Waals surface area contributed by atoms with Gasteiger partial charge in [-0.05, 0) is 37.1 Å². The third kappa shape index (κ3) is 6.05. The first-order chi connectivity index (χ1) is 17.5. The second-order valence-corrected chi connectivity index (χ2v) is 8.88. The molecule has 4 amide bonds. The third-order valence-corrected chi connectivity index (χ3v) is 6.47. The summed E-state index contributed by atoms with van der Waals surface area (Å²) in [5, 5.41) is 6.63. The van der Waals surface area contributed by atoms with Crippen LogP contribution in [0.5, 0.6) is 0 Å². The number of benzene rings is 2. The van der Waals surface area contributed by atoms with Crippen molar-refractivity contribution in [2.75, 3.05) is 31.5 Å². The molecule has 0 aliphatic carbocycles. The van der Waals surface area contributed by atoms with E-state index in [0.717, 1.165) is 16.5 Å². The van der Waals surface area contributed by atoms with Crippen molar-refractivity contribution in [1.29, 1.82) is 0 Å². The Labute approximate surface area is 210 Å². The Kier molecular flexibility index (Phi) is 8.24. The largest absolute Gasteiger partial charge is 0.351 e. The summed E-state index contributed by atoms with van der Waals surface area (Å²) >= 11 is 0. The van der Waals surface area contributed by atoms with Crippen LogP contribution in [0.25, 0.3) is 10.9 Å². The summed E-state index contributed by atoms with van der Waals surface area (Å²) < 4.78 is 0. The van der Waals surface area contributed by atoms with Crippen LogP contribution < -0.4 is 16.4 Å². The van der Waals surface area contributed by atoms with Crippen LogP contribution in [-0.2, 0) is 16.0 Å². The standard InChI is InChI=1S/C27H32N6O3/c1-2-32-18-22(30-25(34)16-28)15-24(32)26(35)33(13-12-19-8-4-3-5-9-19)27(36)31-21-14-20-10-6-7-11-23(20)29-17-21/h3-11,14,17,22,24H,2,12-13,15-16,18,28H2,1H3,(H,30,34)(H,31,36)/t22-,24+/m1/s1. The molecule has 4 rings (SSSR count). The molecule has 0 saturated carbocycles. The van der Waals surface area contributed by atoms with E-state index in [-0.39, 0.29) is 30.9 Å². The lowest BCUT2D eigenvalue weighted by molar-refractivity contribution is -0.132. The molecule has 0 bridgehead atoms. The fraction of sp³-hybridized carbons (Fsp3) is 0.333. The van der Waals surface area contributed by atoms with E-state index in [4.69, 9.17) is 5.73 Å². The SMILES string of the molecule is CCN1C[C@H](NC(=O)CN)C[C@H]1C(=O)N(CCc1ccccc1)C(=O)Nc1cnc2ccccc2c1. The number of likely N-dealkylation sites (tertiary alicyclic amines) is 1. The number of hydrogen-bond donors (Lipinski definition) is 3. The number of urea groups is 1. The number of pyridine rings is 1. The predicted molar refractivity (Wildman–Crippen MR) is 139 cm³/mol. The molecule has 3 aromatic rings. The number of nitrogens with one attached hydrogen (secondary N) is 2. The maximum absolute atomic E-state index is 13.8. The summed E-state index contributed by atoms with van der Waals surface area (Å²) in [6.45, 7) is 3.23. The van der Waals surface area contributed by atoms with Gasteiger partial charge in [0.05, 0.1) is 30.0 Å². The van der Waals surface area contributed by atoms with Crippen LogP contribution in [0, 0.1) is 0 Å². The lowest BCUT2D eigenvalue weighted by atomic mass is 10.1. The van der Waals surface area contributed by atoms with Crippen LogP contribution in [0.15, 0.2) is 66.9 Å². The molecule has 4 N–H and O–H groups in total. The third-order valence-electron chi connectivity index (χ3n) is 6.47. The second kappa shape index (κ2) is 11.7. The second-order valence-electron chi connectivity index (χ2n) is 8.88. The number of hydrogen-bond acceptors (Lipinski definition) is 6. The van der Waals surface area contributed by atoms with Crippen LogP contribution in [0.3, 0.4) is 0 Å². The van der Waals surface area contributed by atoms with E-state index in [0.29, 0.717) is 31.6 Å². The smallest absolute Gasteiger partial charge is 0.328 e. The van der Waals surface area contributed by atoms with Crippen LogP contribution in [0.1, 0.15) is 18.9 Å². The Hall–Kier alpha value is -3.82. The zero-order valence-corrected chi connectivity index (χ0v) is 20.4. The topological polar surface area (TPSA) is 121 Å². The van der Waals surface area contributed by atoms with E-state index in [1.54, 1.807) is 6.20 Å². The normalized spacial score (nSPS) is 17.6. The van der Waals surface area contributed by atoms with Gasteiger partial charge in [-0.2, -0.15) is 0 Å². The summed E-state index contributed by atoms with van der Waals surface area (Å²) in [5.74, 6) is -0.546. The van der Waals surface area contributed by atoms with Crippen LogP contribution >= 0.6 is 0 Å². The minimum Gasteiger partial charge on any atom is -0.351 e.